The fraction of sp³-hybridized carbons (Fsp3) is 0.188. The summed E-state index contributed by atoms with van der Waals surface area (Å²) in [5.74, 6) is 0.473. The Hall–Kier alpha value is -2.67. The molecule has 3 heterocycles. The number of pyridine rings is 1. The van der Waals surface area contributed by atoms with Crippen LogP contribution in [0.5, 0.6) is 0 Å². The van der Waals surface area contributed by atoms with Gasteiger partial charge in [0.25, 0.3) is 5.91 Å². The van der Waals surface area contributed by atoms with Crippen molar-refractivity contribution in [3.05, 3.63) is 59.1 Å². The van der Waals surface area contributed by atoms with E-state index in [0.717, 1.165) is 5.56 Å². The van der Waals surface area contributed by atoms with Crippen molar-refractivity contribution < 1.29 is 4.79 Å². The van der Waals surface area contributed by atoms with Crippen LogP contribution in [0.1, 0.15) is 20.9 Å². The predicted molar refractivity (Wildman–Crippen MR) is 87.9 cm³/mol. The molecule has 0 aliphatic rings. The van der Waals surface area contributed by atoms with Gasteiger partial charge in [-0.2, -0.15) is 0 Å². The molecule has 6 nitrogen and oxygen atoms in total. The molecule has 0 N–H and O–H groups in total. The quantitative estimate of drug-likeness (QED) is 0.737. The van der Waals surface area contributed by atoms with Crippen molar-refractivity contribution in [1.82, 2.24) is 24.8 Å². The molecular weight excluding hydrogens is 310 g/mol. The number of aryl methyl sites for hydroxylation is 1. The molecule has 0 bridgehead atoms. The molecule has 7 heteroatoms. The second-order valence-corrected chi connectivity index (χ2v) is 6.03. The van der Waals surface area contributed by atoms with Gasteiger partial charge in [0.15, 0.2) is 10.8 Å². The largest absolute Gasteiger partial charge is 0.337 e. The molecule has 0 saturated heterocycles. The summed E-state index contributed by atoms with van der Waals surface area (Å²) in [5.41, 5.74) is 1.68. The lowest BCUT2D eigenvalue weighted by Crippen LogP contribution is -2.26. The molecule has 23 heavy (non-hydrogen) atoms. The minimum Gasteiger partial charge on any atom is -0.337 e. The zero-order valence-corrected chi connectivity index (χ0v) is 13.6. The van der Waals surface area contributed by atoms with Crippen LogP contribution in [0.15, 0.2) is 43.0 Å². The molecule has 0 radical (unpaired) electrons. The summed E-state index contributed by atoms with van der Waals surface area (Å²) in [6.07, 6.45) is 6.79. The van der Waals surface area contributed by atoms with E-state index in [-0.39, 0.29) is 5.91 Å². The van der Waals surface area contributed by atoms with Crippen molar-refractivity contribution in [2.75, 3.05) is 7.05 Å². The van der Waals surface area contributed by atoms with Gasteiger partial charge in [-0.1, -0.05) is 6.07 Å². The van der Waals surface area contributed by atoms with Gasteiger partial charge in [0.1, 0.15) is 4.88 Å². The van der Waals surface area contributed by atoms with Crippen LogP contribution in [0.3, 0.4) is 0 Å². The Morgan fingerprint density at radius 3 is 2.70 bits per heavy atom. The van der Waals surface area contributed by atoms with E-state index in [4.69, 9.17) is 0 Å². The molecule has 0 atom stereocenters. The standard InChI is InChI=1S/C16H15N5OS/c1-11-13(23-15(20-11)14-18-7-4-8-19-14)16(22)21(2)10-12-5-3-6-17-9-12/h3-9H,10H2,1-2H3. The van der Waals surface area contributed by atoms with Gasteiger partial charge in [-0.3, -0.25) is 9.78 Å². The first-order valence-corrected chi connectivity index (χ1v) is 7.86. The van der Waals surface area contributed by atoms with Crippen molar-refractivity contribution in [2.45, 2.75) is 13.5 Å². The van der Waals surface area contributed by atoms with Crippen LogP contribution >= 0.6 is 11.3 Å². The second kappa shape index (κ2) is 6.62. The van der Waals surface area contributed by atoms with Gasteiger partial charge in [0, 0.05) is 38.4 Å². The summed E-state index contributed by atoms with van der Waals surface area (Å²) in [4.78, 5) is 31.8. The summed E-state index contributed by atoms with van der Waals surface area (Å²) >= 11 is 1.32. The number of aromatic nitrogens is 4. The van der Waals surface area contributed by atoms with E-state index in [1.165, 1.54) is 11.3 Å². The minimum absolute atomic E-state index is 0.0639. The Labute approximate surface area is 137 Å². The van der Waals surface area contributed by atoms with Crippen LogP contribution in [0, 0.1) is 6.92 Å². The lowest BCUT2D eigenvalue weighted by atomic mass is 10.2. The zero-order chi connectivity index (χ0) is 16.2. The van der Waals surface area contributed by atoms with Crippen molar-refractivity contribution in [1.29, 1.82) is 0 Å². The highest BCUT2D eigenvalue weighted by Crippen LogP contribution is 2.26. The number of hydrogen-bond donors (Lipinski definition) is 0. The molecule has 0 aromatic carbocycles. The molecule has 3 aromatic heterocycles. The SMILES string of the molecule is Cc1nc(-c2ncccn2)sc1C(=O)N(C)Cc1cccnc1. The number of carbonyl (C=O) groups is 1. The molecule has 0 unspecified atom stereocenters. The summed E-state index contributed by atoms with van der Waals surface area (Å²) in [5, 5.41) is 0.654. The summed E-state index contributed by atoms with van der Waals surface area (Å²) in [7, 11) is 1.77. The van der Waals surface area contributed by atoms with Gasteiger partial charge >= 0.3 is 0 Å². The van der Waals surface area contributed by atoms with Gasteiger partial charge < -0.3 is 4.90 Å². The Morgan fingerprint density at radius 1 is 1.22 bits per heavy atom. The van der Waals surface area contributed by atoms with Crippen LogP contribution in [-0.2, 0) is 6.54 Å². The highest BCUT2D eigenvalue weighted by molar-refractivity contribution is 7.17. The highest BCUT2D eigenvalue weighted by Gasteiger charge is 2.20. The Kier molecular flexibility index (Phi) is 4.38. The Balaban J connectivity index is 1.81. The number of hydrogen-bond acceptors (Lipinski definition) is 6. The number of rotatable bonds is 4. The minimum atomic E-state index is -0.0639. The number of carbonyl (C=O) groups excluding carboxylic acids is 1. The van der Waals surface area contributed by atoms with E-state index >= 15 is 0 Å². The van der Waals surface area contributed by atoms with Crippen LogP contribution in [-0.4, -0.2) is 37.8 Å². The molecule has 116 valence electrons. The average molecular weight is 325 g/mol. The van der Waals surface area contributed by atoms with Crippen LogP contribution in [0.4, 0.5) is 0 Å². The fourth-order valence-corrected chi connectivity index (χ4v) is 3.12. The number of nitrogens with zero attached hydrogens (tertiary/aromatic N) is 5. The molecule has 1 amide bonds. The van der Waals surface area contributed by atoms with E-state index in [9.17, 15) is 4.79 Å². The third kappa shape index (κ3) is 3.40. The fourth-order valence-electron chi connectivity index (χ4n) is 2.11. The van der Waals surface area contributed by atoms with E-state index in [1.54, 1.807) is 42.8 Å². The maximum absolute atomic E-state index is 12.6. The first kappa shape index (κ1) is 15.2. The topological polar surface area (TPSA) is 71.9 Å². The van der Waals surface area contributed by atoms with Gasteiger partial charge in [-0.25, -0.2) is 15.0 Å². The van der Waals surface area contributed by atoms with E-state index in [0.29, 0.717) is 27.9 Å². The molecular formula is C16H15N5OS. The molecule has 0 fully saturated rings. The lowest BCUT2D eigenvalue weighted by Gasteiger charge is -2.16. The maximum atomic E-state index is 12.6. The van der Waals surface area contributed by atoms with Crippen LogP contribution < -0.4 is 0 Å². The predicted octanol–water partition coefficient (Wildman–Crippen LogP) is 2.58. The Bertz CT molecular complexity index is 804. The van der Waals surface area contributed by atoms with Crippen molar-refractivity contribution in [2.24, 2.45) is 0 Å². The smallest absolute Gasteiger partial charge is 0.265 e. The van der Waals surface area contributed by atoms with Crippen molar-refractivity contribution in [3.63, 3.8) is 0 Å². The average Bonchev–Trinajstić information content (AvgIpc) is 2.97. The third-order valence-electron chi connectivity index (χ3n) is 3.24. The molecule has 0 spiro atoms. The molecule has 0 saturated carbocycles. The molecule has 3 rings (SSSR count). The lowest BCUT2D eigenvalue weighted by molar-refractivity contribution is 0.0789. The van der Waals surface area contributed by atoms with Gasteiger partial charge in [-0.15, -0.1) is 11.3 Å². The van der Waals surface area contributed by atoms with Crippen LogP contribution in [0.2, 0.25) is 0 Å². The van der Waals surface area contributed by atoms with Gasteiger partial charge in [-0.05, 0) is 24.6 Å². The normalized spacial score (nSPS) is 10.5. The second-order valence-electron chi connectivity index (χ2n) is 5.03. The summed E-state index contributed by atoms with van der Waals surface area (Å²) < 4.78 is 0. The summed E-state index contributed by atoms with van der Waals surface area (Å²) in [6, 6.07) is 5.55. The summed E-state index contributed by atoms with van der Waals surface area (Å²) in [6.45, 7) is 2.33. The number of amides is 1. The third-order valence-corrected chi connectivity index (χ3v) is 4.38. The molecule has 3 aromatic rings. The van der Waals surface area contributed by atoms with Crippen molar-refractivity contribution >= 4 is 17.2 Å². The molecule has 0 aliphatic heterocycles. The first-order valence-electron chi connectivity index (χ1n) is 7.04. The zero-order valence-electron chi connectivity index (χ0n) is 12.8. The highest BCUT2D eigenvalue weighted by atomic mass is 32.1. The maximum Gasteiger partial charge on any atom is 0.265 e. The van der Waals surface area contributed by atoms with Gasteiger partial charge in [0.05, 0.1) is 5.69 Å². The van der Waals surface area contributed by atoms with Gasteiger partial charge in [0.2, 0.25) is 0 Å². The van der Waals surface area contributed by atoms with E-state index in [1.807, 2.05) is 19.1 Å². The monoisotopic (exact) mass is 325 g/mol. The van der Waals surface area contributed by atoms with Crippen LogP contribution in [0.25, 0.3) is 10.8 Å². The Morgan fingerprint density at radius 2 is 2.00 bits per heavy atom. The van der Waals surface area contributed by atoms with E-state index < -0.39 is 0 Å². The van der Waals surface area contributed by atoms with E-state index in [2.05, 4.69) is 19.9 Å². The van der Waals surface area contributed by atoms with Crippen molar-refractivity contribution in [3.8, 4) is 10.8 Å². The number of thiazole rings is 1. The molecule has 0 aliphatic carbocycles. The first-order chi connectivity index (χ1) is 11.1.